The summed E-state index contributed by atoms with van der Waals surface area (Å²) in [4.78, 5) is 25.5. The Kier molecular flexibility index (Phi) is 8.21. The molecule has 0 aliphatic carbocycles. The molecule has 0 bridgehead atoms. The Hall–Kier alpha value is -2.39. The number of hydrogen-bond acceptors (Lipinski definition) is 6. The minimum atomic E-state index is -0.966. The quantitative estimate of drug-likeness (QED) is 0.624. The first-order chi connectivity index (χ1) is 13.6. The number of ether oxygens (including phenoxy) is 2. The number of benzene rings is 1. The third-order valence-electron chi connectivity index (χ3n) is 4.14. The van der Waals surface area contributed by atoms with Crippen molar-refractivity contribution in [3.8, 4) is 0 Å². The van der Waals surface area contributed by atoms with E-state index in [2.05, 4.69) is 10.6 Å². The van der Waals surface area contributed by atoms with Gasteiger partial charge in [0.25, 0.3) is 0 Å². The number of morpholine rings is 1. The van der Waals surface area contributed by atoms with Crippen molar-refractivity contribution >= 4 is 17.7 Å². The minimum absolute atomic E-state index is 0.00742. The molecule has 0 saturated carbocycles. The van der Waals surface area contributed by atoms with Gasteiger partial charge in [0.15, 0.2) is 0 Å². The molecule has 0 aromatic heterocycles. The first kappa shape index (κ1) is 22.9. The van der Waals surface area contributed by atoms with Gasteiger partial charge >= 0.3 is 6.09 Å². The second-order valence-corrected chi connectivity index (χ2v) is 7.90. The predicted octanol–water partition coefficient (Wildman–Crippen LogP) is 1.21. The number of carbonyl (C=O) groups excluding carboxylic acids is 2. The summed E-state index contributed by atoms with van der Waals surface area (Å²) in [6.07, 6.45) is -1.61. The summed E-state index contributed by atoms with van der Waals surface area (Å²) in [5, 5.41) is 14.9. The van der Waals surface area contributed by atoms with Crippen molar-refractivity contribution in [1.82, 2.24) is 10.6 Å². The number of hydrogen-bond donors (Lipinski definition) is 3. The summed E-state index contributed by atoms with van der Waals surface area (Å²) in [6, 6.07) is 4.74. The zero-order chi connectivity index (χ0) is 21.4. The number of nitrogens with one attached hydrogen (secondary N) is 2. The van der Waals surface area contributed by atoms with Gasteiger partial charge in [0.1, 0.15) is 11.4 Å². The highest BCUT2D eigenvalue weighted by Gasteiger charge is 2.18. The van der Waals surface area contributed by atoms with Gasteiger partial charge in [-0.1, -0.05) is 6.07 Å². The molecule has 1 unspecified atom stereocenters. The molecule has 1 aromatic carbocycles. The Bertz CT molecular complexity index is 702. The predicted molar refractivity (Wildman–Crippen MR) is 106 cm³/mol. The summed E-state index contributed by atoms with van der Waals surface area (Å²) in [5.74, 6) is -0.723. The van der Waals surface area contributed by atoms with Gasteiger partial charge in [-0.2, -0.15) is 0 Å². The van der Waals surface area contributed by atoms with Crippen molar-refractivity contribution in [2.45, 2.75) is 38.9 Å². The molecule has 29 heavy (non-hydrogen) atoms. The molecule has 2 rings (SSSR count). The number of carbonyl (C=O) groups is 2. The van der Waals surface area contributed by atoms with E-state index in [0.717, 1.165) is 0 Å². The van der Waals surface area contributed by atoms with Crippen LogP contribution in [0, 0.1) is 5.82 Å². The lowest BCUT2D eigenvalue weighted by atomic mass is 10.1. The Labute approximate surface area is 170 Å². The molecular weight excluding hydrogens is 381 g/mol. The van der Waals surface area contributed by atoms with Gasteiger partial charge in [0.05, 0.1) is 31.4 Å². The van der Waals surface area contributed by atoms with Gasteiger partial charge in [-0.25, -0.2) is 9.18 Å². The normalized spacial score (nSPS) is 15.6. The number of aliphatic hydroxyl groups is 1. The van der Waals surface area contributed by atoms with Gasteiger partial charge < -0.3 is 30.1 Å². The van der Waals surface area contributed by atoms with Gasteiger partial charge in [-0.3, -0.25) is 4.79 Å². The molecule has 1 atom stereocenters. The Morgan fingerprint density at radius 1 is 1.24 bits per heavy atom. The van der Waals surface area contributed by atoms with Crippen molar-refractivity contribution in [2.75, 3.05) is 44.3 Å². The zero-order valence-corrected chi connectivity index (χ0v) is 17.2. The fraction of sp³-hybridized carbons (Fsp3) is 0.600. The summed E-state index contributed by atoms with van der Waals surface area (Å²) < 4.78 is 24.7. The summed E-state index contributed by atoms with van der Waals surface area (Å²) in [6.45, 7) is 7.50. The lowest BCUT2D eigenvalue weighted by Gasteiger charge is -2.29. The highest BCUT2D eigenvalue weighted by molar-refractivity contribution is 5.78. The van der Waals surface area contributed by atoms with Crippen molar-refractivity contribution in [2.24, 2.45) is 0 Å². The smallest absolute Gasteiger partial charge is 0.407 e. The maximum absolute atomic E-state index is 14.4. The van der Waals surface area contributed by atoms with E-state index in [1.807, 2.05) is 4.90 Å². The Morgan fingerprint density at radius 2 is 1.90 bits per heavy atom. The van der Waals surface area contributed by atoms with Crippen LogP contribution in [0.3, 0.4) is 0 Å². The van der Waals surface area contributed by atoms with Crippen molar-refractivity contribution < 1.29 is 28.6 Å². The second-order valence-electron chi connectivity index (χ2n) is 7.90. The number of anilines is 1. The molecule has 1 aromatic rings. The molecule has 8 nitrogen and oxygen atoms in total. The van der Waals surface area contributed by atoms with Crippen LogP contribution in [0.25, 0.3) is 0 Å². The van der Waals surface area contributed by atoms with Gasteiger partial charge in [-0.15, -0.1) is 0 Å². The summed E-state index contributed by atoms with van der Waals surface area (Å²) in [5.41, 5.74) is 0.412. The molecule has 1 aliphatic heterocycles. The van der Waals surface area contributed by atoms with Gasteiger partial charge in [-0.05, 0) is 38.5 Å². The standard InChI is InChI=1S/C20H30FN3O5/c1-20(2,3)29-19(27)23-13-15(25)12-22-18(26)11-14-4-5-17(16(21)10-14)24-6-8-28-9-7-24/h4-5,10,15,25H,6-9,11-13H2,1-3H3,(H,22,26)(H,23,27). The van der Waals surface area contributed by atoms with Gasteiger partial charge in [0, 0.05) is 26.2 Å². The van der Waals surface area contributed by atoms with E-state index in [4.69, 9.17) is 9.47 Å². The van der Waals surface area contributed by atoms with E-state index in [9.17, 15) is 19.1 Å². The molecule has 3 N–H and O–H groups in total. The van der Waals surface area contributed by atoms with Crippen molar-refractivity contribution in [1.29, 1.82) is 0 Å². The van der Waals surface area contributed by atoms with Crippen LogP contribution in [0.4, 0.5) is 14.9 Å². The second kappa shape index (κ2) is 10.4. The first-order valence-electron chi connectivity index (χ1n) is 9.67. The maximum Gasteiger partial charge on any atom is 0.407 e. The molecule has 1 fully saturated rings. The zero-order valence-electron chi connectivity index (χ0n) is 17.2. The Morgan fingerprint density at radius 3 is 2.52 bits per heavy atom. The molecule has 1 aliphatic rings. The van der Waals surface area contributed by atoms with Crippen LogP contribution in [-0.4, -0.2) is 68.2 Å². The molecule has 9 heteroatoms. The number of halogens is 1. The van der Waals surface area contributed by atoms with E-state index in [1.54, 1.807) is 32.9 Å². The third-order valence-corrected chi connectivity index (χ3v) is 4.14. The first-order valence-corrected chi connectivity index (χ1v) is 9.67. The third kappa shape index (κ3) is 8.25. The van der Waals surface area contributed by atoms with Crippen LogP contribution < -0.4 is 15.5 Å². The van der Waals surface area contributed by atoms with Crippen LogP contribution in [0.15, 0.2) is 18.2 Å². The Balaban J connectivity index is 1.74. The largest absolute Gasteiger partial charge is 0.444 e. The van der Waals surface area contributed by atoms with Crippen LogP contribution >= 0.6 is 0 Å². The fourth-order valence-corrected chi connectivity index (χ4v) is 2.79. The number of amides is 2. The molecular formula is C20H30FN3O5. The molecule has 2 amide bonds. The van der Waals surface area contributed by atoms with E-state index in [-0.39, 0.29) is 31.2 Å². The van der Waals surface area contributed by atoms with Crippen LogP contribution in [0.1, 0.15) is 26.3 Å². The summed E-state index contributed by atoms with van der Waals surface area (Å²) in [7, 11) is 0. The van der Waals surface area contributed by atoms with Crippen LogP contribution in [-0.2, 0) is 20.7 Å². The van der Waals surface area contributed by atoms with E-state index in [1.165, 1.54) is 6.07 Å². The number of alkyl carbamates (subject to hydrolysis) is 1. The lowest BCUT2D eigenvalue weighted by molar-refractivity contribution is -0.120. The van der Waals surface area contributed by atoms with E-state index in [0.29, 0.717) is 37.6 Å². The minimum Gasteiger partial charge on any atom is -0.444 e. The van der Waals surface area contributed by atoms with Gasteiger partial charge in [0.2, 0.25) is 5.91 Å². The van der Waals surface area contributed by atoms with E-state index >= 15 is 0 Å². The highest BCUT2D eigenvalue weighted by atomic mass is 19.1. The van der Waals surface area contributed by atoms with E-state index < -0.39 is 17.8 Å². The average Bonchev–Trinajstić information content (AvgIpc) is 2.64. The number of aliphatic hydroxyl groups excluding tert-OH is 1. The molecule has 0 spiro atoms. The number of rotatable bonds is 7. The van der Waals surface area contributed by atoms with Crippen molar-refractivity contribution in [3.05, 3.63) is 29.6 Å². The van der Waals surface area contributed by atoms with Crippen LogP contribution in [0.5, 0.6) is 0 Å². The number of nitrogens with zero attached hydrogens (tertiary/aromatic N) is 1. The molecule has 1 saturated heterocycles. The monoisotopic (exact) mass is 411 g/mol. The van der Waals surface area contributed by atoms with Crippen LogP contribution in [0.2, 0.25) is 0 Å². The molecule has 1 heterocycles. The lowest BCUT2D eigenvalue weighted by Crippen LogP contribution is -2.42. The van der Waals surface area contributed by atoms with Crippen molar-refractivity contribution in [3.63, 3.8) is 0 Å². The molecule has 162 valence electrons. The molecule has 0 radical (unpaired) electrons. The SMILES string of the molecule is CC(C)(C)OC(=O)NCC(O)CNC(=O)Cc1ccc(N2CCOCC2)c(F)c1. The fourth-order valence-electron chi connectivity index (χ4n) is 2.79. The highest BCUT2D eigenvalue weighted by Crippen LogP contribution is 2.21. The summed E-state index contributed by atoms with van der Waals surface area (Å²) >= 11 is 0. The average molecular weight is 411 g/mol. The topological polar surface area (TPSA) is 100 Å². The maximum atomic E-state index is 14.4.